The molecular weight excluding hydrogens is 188 g/mol. The molecule has 2 rings (SSSR count). The molecule has 3 nitrogen and oxygen atoms in total. The van der Waals surface area contributed by atoms with Crippen molar-refractivity contribution < 1.29 is 5.11 Å². The van der Waals surface area contributed by atoms with Gasteiger partial charge in [-0.25, -0.2) is 0 Å². The van der Waals surface area contributed by atoms with Gasteiger partial charge in [0, 0.05) is 29.9 Å². The molecule has 1 aromatic rings. The van der Waals surface area contributed by atoms with Crippen LogP contribution in [0.2, 0.25) is 0 Å². The van der Waals surface area contributed by atoms with Gasteiger partial charge in [0.1, 0.15) is 5.75 Å². The number of aromatic hydroxyl groups is 1. The third-order valence-corrected chi connectivity index (χ3v) is 2.71. The Kier molecular flexibility index (Phi) is 2.82. The predicted octanol–water partition coefficient (Wildman–Crippen LogP) is 1.73. The standard InChI is InChI=1S/C12H18N2O/c1-8(2)14-9-6-10-11(13-7-9)4-3-5-12(10)15/h3-5,8-9,13-15H,6-7H2,1-2H3. The number of nitrogens with one attached hydrogen (secondary N) is 2. The van der Waals surface area contributed by atoms with Gasteiger partial charge in [-0.15, -0.1) is 0 Å². The zero-order valence-corrected chi connectivity index (χ0v) is 9.25. The van der Waals surface area contributed by atoms with Gasteiger partial charge in [-0.1, -0.05) is 19.9 Å². The number of phenols is 1. The van der Waals surface area contributed by atoms with Gasteiger partial charge < -0.3 is 15.7 Å². The van der Waals surface area contributed by atoms with Crippen molar-refractivity contribution in [2.75, 3.05) is 11.9 Å². The van der Waals surface area contributed by atoms with Crippen LogP contribution >= 0.6 is 0 Å². The maximum atomic E-state index is 9.74. The van der Waals surface area contributed by atoms with Crippen LogP contribution in [0, 0.1) is 0 Å². The van der Waals surface area contributed by atoms with Crippen LogP contribution in [0.5, 0.6) is 5.75 Å². The van der Waals surface area contributed by atoms with E-state index in [2.05, 4.69) is 24.5 Å². The average molecular weight is 206 g/mol. The van der Waals surface area contributed by atoms with E-state index >= 15 is 0 Å². The van der Waals surface area contributed by atoms with Crippen LogP contribution in [0.15, 0.2) is 18.2 Å². The van der Waals surface area contributed by atoms with Crippen LogP contribution in [-0.4, -0.2) is 23.7 Å². The molecule has 0 aromatic heterocycles. The van der Waals surface area contributed by atoms with Crippen molar-refractivity contribution in [2.45, 2.75) is 32.4 Å². The molecule has 1 aliphatic rings. The number of hydrogen-bond donors (Lipinski definition) is 3. The first kappa shape index (κ1) is 10.3. The number of benzene rings is 1. The molecule has 1 aliphatic heterocycles. The van der Waals surface area contributed by atoms with Crippen molar-refractivity contribution in [1.82, 2.24) is 5.32 Å². The summed E-state index contributed by atoms with van der Waals surface area (Å²) in [5, 5.41) is 16.6. The molecule has 1 heterocycles. The number of hydrogen-bond acceptors (Lipinski definition) is 3. The molecule has 0 bridgehead atoms. The third kappa shape index (κ3) is 2.23. The van der Waals surface area contributed by atoms with Gasteiger partial charge in [-0.3, -0.25) is 0 Å². The summed E-state index contributed by atoms with van der Waals surface area (Å²) >= 11 is 0. The van der Waals surface area contributed by atoms with E-state index in [0.717, 1.165) is 24.2 Å². The molecule has 3 heteroatoms. The predicted molar refractivity (Wildman–Crippen MR) is 62.4 cm³/mol. The van der Waals surface area contributed by atoms with Crippen molar-refractivity contribution in [3.05, 3.63) is 23.8 Å². The minimum atomic E-state index is 0.398. The van der Waals surface area contributed by atoms with Crippen LogP contribution in [0.3, 0.4) is 0 Å². The first-order valence-electron chi connectivity index (χ1n) is 5.47. The Morgan fingerprint density at radius 3 is 3.00 bits per heavy atom. The summed E-state index contributed by atoms with van der Waals surface area (Å²) in [5.74, 6) is 0.398. The second-order valence-electron chi connectivity index (χ2n) is 4.41. The van der Waals surface area contributed by atoms with E-state index in [9.17, 15) is 5.11 Å². The lowest BCUT2D eigenvalue weighted by molar-refractivity contribution is 0.438. The molecule has 3 N–H and O–H groups in total. The first-order valence-corrected chi connectivity index (χ1v) is 5.47. The molecule has 0 radical (unpaired) electrons. The van der Waals surface area contributed by atoms with Gasteiger partial charge in [0.25, 0.3) is 0 Å². The lowest BCUT2D eigenvalue weighted by Gasteiger charge is -2.28. The molecule has 82 valence electrons. The van der Waals surface area contributed by atoms with Gasteiger partial charge in [-0.05, 0) is 18.6 Å². The highest BCUT2D eigenvalue weighted by atomic mass is 16.3. The highest BCUT2D eigenvalue weighted by Crippen LogP contribution is 2.29. The highest BCUT2D eigenvalue weighted by molar-refractivity contribution is 5.59. The fraction of sp³-hybridized carbons (Fsp3) is 0.500. The van der Waals surface area contributed by atoms with E-state index < -0.39 is 0 Å². The lowest BCUT2D eigenvalue weighted by atomic mass is 9.98. The molecule has 1 unspecified atom stereocenters. The minimum absolute atomic E-state index is 0.398. The monoisotopic (exact) mass is 206 g/mol. The van der Waals surface area contributed by atoms with Gasteiger partial charge in [0.2, 0.25) is 0 Å². The number of fused-ring (bicyclic) bond motifs is 1. The smallest absolute Gasteiger partial charge is 0.120 e. The second-order valence-corrected chi connectivity index (χ2v) is 4.41. The molecule has 1 atom stereocenters. The summed E-state index contributed by atoms with van der Waals surface area (Å²) < 4.78 is 0. The largest absolute Gasteiger partial charge is 0.508 e. The van der Waals surface area contributed by atoms with Crippen molar-refractivity contribution in [3.63, 3.8) is 0 Å². The van der Waals surface area contributed by atoms with Crippen LogP contribution in [-0.2, 0) is 6.42 Å². The molecule has 0 fully saturated rings. The third-order valence-electron chi connectivity index (χ3n) is 2.71. The molecule has 15 heavy (non-hydrogen) atoms. The summed E-state index contributed by atoms with van der Waals surface area (Å²) in [5.41, 5.74) is 2.10. The summed E-state index contributed by atoms with van der Waals surface area (Å²) in [6.45, 7) is 5.20. The van der Waals surface area contributed by atoms with E-state index in [1.807, 2.05) is 12.1 Å². The zero-order valence-electron chi connectivity index (χ0n) is 9.25. The maximum absolute atomic E-state index is 9.74. The summed E-state index contributed by atoms with van der Waals surface area (Å²) in [6.07, 6.45) is 0.896. The van der Waals surface area contributed by atoms with Crippen LogP contribution < -0.4 is 10.6 Å². The van der Waals surface area contributed by atoms with Crippen LogP contribution in [0.4, 0.5) is 5.69 Å². The number of anilines is 1. The quantitative estimate of drug-likeness (QED) is 0.690. The lowest BCUT2D eigenvalue weighted by Crippen LogP contribution is -2.43. The normalized spacial score (nSPS) is 19.8. The Labute approximate surface area is 90.5 Å². The fourth-order valence-corrected chi connectivity index (χ4v) is 2.10. The van der Waals surface area contributed by atoms with Gasteiger partial charge in [0.15, 0.2) is 0 Å². The first-order chi connectivity index (χ1) is 7.16. The topological polar surface area (TPSA) is 44.3 Å². The van der Waals surface area contributed by atoms with Crippen molar-refractivity contribution in [2.24, 2.45) is 0 Å². The Bertz CT molecular complexity index is 349. The van der Waals surface area contributed by atoms with Crippen LogP contribution in [0.1, 0.15) is 19.4 Å². The average Bonchev–Trinajstić information content (AvgIpc) is 2.18. The molecule has 0 amide bonds. The highest BCUT2D eigenvalue weighted by Gasteiger charge is 2.20. The summed E-state index contributed by atoms with van der Waals surface area (Å²) in [7, 11) is 0. The molecule has 0 spiro atoms. The molecular formula is C12H18N2O. The van der Waals surface area contributed by atoms with Crippen LogP contribution in [0.25, 0.3) is 0 Å². The fourth-order valence-electron chi connectivity index (χ4n) is 2.10. The van der Waals surface area contributed by atoms with Gasteiger partial charge in [-0.2, -0.15) is 0 Å². The summed E-state index contributed by atoms with van der Waals surface area (Å²) in [6, 6.07) is 6.52. The Hall–Kier alpha value is -1.22. The summed E-state index contributed by atoms with van der Waals surface area (Å²) in [4.78, 5) is 0. The van der Waals surface area contributed by atoms with E-state index in [0.29, 0.717) is 17.8 Å². The Balaban J connectivity index is 2.15. The second kappa shape index (κ2) is 4.11. The Morgan fingerprint density at radius 1 is 1.47 bits per heavy atom. The molecule has 1 aromatic carbocycles. The zero-order chi connectivity index (χ0) is 10.8. The van der Waals surface area contributed by atoms with E-state index in [4.69, 9.17) is 0 Å². The SMILES string of the molecule is CC(C)NC1CNc2cccc(O)c2C1. The van der Waals surface area contributed by atoms with E-state index in [-0.39, 0.29) is 0 Å². The van der Waals surface area contributed by atoms with Gasteiger partial charge in [0.05, 0.1) is 0 Å². The maximum Gasteiger partial charge on any atom is 0.120 e. The van der Waals surface area contributed by atoms with Crippen molar-refractivity contribution in [1.29, 1.82) is 0 Å². The molecule has 0 saturated carbocycles. The van der Waals surface area contributed by atoms with E-state index in [1.54, 1.807) is 6.07 Å². The van der Waals surface area contributed by atoms with Crippen molar-refractivity contribution >= 4 is 5.69 Å². The van der Waals surface area contributed by atoms with Gasteiger partial charge >= 0.3 is 0 Å². The molecule has 0 saturated heterocycles. The van der Waals surface area contributed by atoms with Crippen molar-refractivity contribution in [3.8, 4) is 5.75 Å². The van der Waals surface area contributed by atoms with E-state index in [1.165, 1.54) is 0 Å². The molecule has 0 aliphatic carbocycles. The minimum Gasteiger partial charge on any atom is -0.508 e. The Morgan fingerprint density at radius 2 is 2.27 bits per heavy atom. The number of rotatable bonds is 2. The number of phenolic OH excluding ortho intramolecular Hbond substituents is 1.